The zero-order chi connectivity index (χ0) is 16.1. The fraction of sp³-hybridized carbons (Fsp3) is 0.500. The molecule has 1 aromatic carbocycles. The molecule has 1 aromatic rings. The van der Waals surface area contributed by atoms with Crippen molar-refractivity contribution in [2.45, 2.75) is 44.2 Å². The van der Waals surface area contributed by atoms with Crippen molar-refractivity contribution >= 4 is 17.3 Å². The van der Waals surface area contributed by atoms with Crippen LogP contribution >= 0.6 is 0 Å². The Labute approximate surface area is 137 Å². The fourth-order valence-corrected chi connectivity index (χ4v) is 2.96. The van der Waals surface area contributed by atoms with Gasteiger partial charge in [0.05, 0.1) is 0 Å². The van der Waals surface area contributed by atoms with Gasteiger partial charge < -0.3 is 10.2 Å². The van der Waals surface area contributed by atoms with E-state index in [2.05, 4.69) is 32.4 Å². The van der Waals surface area contributed by atoms with Crippen LogP contribution in [0.4, 0.5) is 11.4 Å². The summed E-state index contributed by atoms with van der Waals surface area (Å²) in [4.78, 5) is 14.5. The highest BCUT2D eigenvalue weighted by Gasteiger charge is 2.39. The maximum atomic E-state index is 12.1. The summed E-state index contributed by atoms with van der Waals surface area (Å²) >= 11 is 0. The van der Waals surface area contributed by atoms with E-state index in [1.165, 1.54) is 18.5 Å². The molecule has 23 heavy (non-hydrogen) atoms. The third kappa shape index (κ3) is 4.10. The molecule has 5 heteroatoms. The summed E-state index contributed by atoms with van der Waals surface area (Å²) in [5, 5.41) is 11.1. The van der Waals surface area contributed by atoms with Crippen molar-refractivity contribution in [3.05, 3.63) is 24.3 Å². The van der Waals surface area contributed by atoms with Crippen molar-refractivity contribution in [1.82, 2.24) is 0 Å². The SMILES string of the molecule is C#CCCC1(CCC(=O)Nc2cccc(N3CCCC3)c2)N=N1. The van der Waals surface area contributed by atoms with Crippen molar-refractivity contribution in [2.75, 3.05) is 23.3 Å². The van der Waals surface area contributed by atoms with E-state index in [0.717, 1.165) is 25.2 Å². The van der Waals surface area contributed by atoms with Crippen LogP contribution in [0.3, 0.4) is 0 Å². The van der Waals surface area contributed by atoms with Gasteiger partial charge >= 0.3 is 0 Å². The van der Waals surface area contributed by atoms with E-state index in [4.69, 9.17) is 6.42 Å². The largest absolute Gasteiger partial charge is 0.371 e. The van der Waals surface area contributed by atoms with Crippen LogP contribution in [0.25, 0.3) is 0 Å². The van der Waals surface area contributed by atoms with Crippen molar-refractivity contribution in [1.29, 1.82) is 0 Å². The van der Waals surface area contributed by atoms with Crippen LogP contribution in [0.5, 0.6) is 0 Å². The molecule has 1 amide bonds. The summed E-state index contributed by atoms with van der Waals surface area (Å²) < 4.78 is 0. The molecule has 0 unspecified atom stereocenters. The summed E-state index contributed by atoms with van der Waals surface area (Å²) in [5.74, 6) is 2.60. The predicted octanol–water partition coefficient (Wildman–Crippen LogP) is 3.58. The molecule has 2 heterocycles. The van der Waals surface area contributed by atoms with Gasteiger partial charge in [-0.25, -0.2) is 0 Å². The minimum absolute atomic E-state index is 0.000884. The lowest BCUT2D eigenvalue weighted by Crippen LogP contribution is -2.19. The van der Waals surface area contributed by atoms with E-state index >= 15 is 0 Å². The number of carbonyl (C=O) groups excluding carboxylic acids is 1. The number of benzene rings is 1. The molecule has 0 bridgehead atoms. The molecule has 3 rings (SSSR count). The maximum absolute atomic E-state index is 12.1. The molecule has 0 aromatic heterocycles. The molecule has 0 radical (unpaired) electrons. The highest BCUT2D eigenvalue weighted by Crippen LogP contribution is 2.37. The second-order valence-corrected chi connectivity index (χ2v) is 6.18. The molecule has 2 aliphatic rings. The van der Waals surface area contributed by atoms with Crippen molar-refractivity contribution in [2.24, 2.45) is 10.2 Å². The second kappa shape index (κ2) is 6.82. The van der Waals surface area contributed by atoms with Crippen LogP contribution in [0, 0.1) is 12.3 Å². The molecule has 1 saturated heterocycles. The molecule has 2 aliphatic heterocycles. The first-order valence-electron chi connectivity index (χ1n) is 8.23. The summed E-state index contributed by atoms with van der Waals surface area (Å²) in [5.41, 5.74) is 1.64. The van der Waals surface area contributed by atoms with Gasteiger partial charge in [0.2, 0.25) is 5.91 Å². The highest BCUT2D eigenvalue weighted by molar-refractivity contribution is 5.91. The van der Waals surface area contributed by atoms with E-state index in [9.17, 15) is 4.79 Å². The van der Waals surface area contributed by atoms with Gasteiger partial charge in [-0.3, -0.25) is 4.79 Å². The Morgan fingerprint density at radius 3 is 2.78 bits per heavy atom. The quantitative estimate of drug-likeness (QED) is 0.783. The zero-order valence-corrected chi connectivity index (χ0v) is 13.3. The van der Waals surface area contributed by atoms with Crippen molar-refractivity contribution in [3.63, 3.8) is 0 Å². The van der Waals surface area contributed by atoms with Gasteiger partial charge in [-0.05, 0) is 31.0 Å². The van der Waals surface area contributed by atoms with Crippen LogP contribution in [0.15, 0.2) is 34.5 Å². The first-order chi connectivity index (χ1) is 11.2. The van der Waals surface area contributed by atoms with E-state index in [1.807, 2.05) is 18.2 Å². The van der Waals surface area contributed by atoms with Gasteiger partial charge in [0, 0.05) is 50.1 Å². The molecular formula is C18H22N4O. The highest BCUT2D eigenvalue weighted by atomic mass is 16.1. The van der Waals surface area contributed by atoms with E-state index in [0.29, 0.717) is 19.3 Å². The summed E-state index contributed by atoms with van der Waals surface area (Å²) in [7, 11) is 0. The molecule has 5 nitrogen and oxygen atoms in total. The predicted molar refractivity (Wildman–Crippen MR) is 91.4 cm³/mol. The average Bonchev–Trinajstić information content (AvgIpc) is 3.11. The lowest BCUT2D eigenvalue weighted by molar-refractivity contribution is -0.116. The minimum Gasteiger partial charge on any atom is -0.371 e. The third-order valence-electron chi connectivity index (χ3n) is 4.41. The number of amides is 1. The zero-order valence-electron chi connectivity index (χ0n) is 13.3. The molecule has 0 spiro atoms. The van der Waals surface area contributed by atoms with Crippen molar-refractivity contribution < 1.29 is 4.79 Å². The van der Waals surface area contributed by atoms with Gasteiger partial charge in [-0.1, -0.05) is 6.07 Å². The average molecular weight is 310 g/mol. The number of carbonyl (C=O) groups is 1. The Balaban J connectivity index is 1.50. The van der Waals surface area contributed by atoms with E-state index < -0.39 is 0 Å². The fourth-order valence-electron chi connectivity index (χ4n) is 2.96. The number of nitrogens with zero attached hydrogens (tertiary/aromatic N) is 3. The smallest absolute Gasteiger partial charge is 0.224 e. The Hall–Kier alpha value is -2.35. The van der Waals surface area contributed by atoms with Gasteiger partial charge in [-0.2, -0.15) is 10.2 Å². The van der Waals surface area contributed by atoms with Gasteiger partial charge in [-0.15, -0.1) is 12.3 Å². The van der Waals surface area contributed by atoms with E-state index in [-0.39, 0.29) is 11.6 Å². The Kier molecular flexibility index (Phi) is 4.61. The molecular weight excluding hydrogens is 288 g/mol. The second-order valence-electron chi connectivity index (χ2n) is 6.18. The van der Waals surface area contributed by atoms with Gasteiger partial charge in [0.15, 0.2) is 5.66 Å². The lowest BCUT2D eigenvalue weighted by Gasteiger charge is -2.18. The van der Waals surface area contributed by atoms with Crippen LogP contribution in [0.2, 0.25) is 0 Å². The van der Waals surface area contributed by atoms with Crippen LogP contribution in [-0.2, 0) is 4.79 Å². The number of rotatable bonds is 7. The van der Waals surface area contributed by atoms with Crippen LogP contribution in [0.1, 0.15) is 38.5 Å². The van der Waals surface area contributed by atoms with Crippen molar-refractivity contribution in [3.8, 4) is 12.3 Å². The number of hydrogen-bond donors (Lipinski definition) is 1. The lowest BCUT2D eigenvalue weighted by atomic mass is 10.0. The first-order valence-corrected chi connectivity index (χ1v) is 8.23. The summed E-state index contributed by atoms with van der Waals surface area (Å²) in [6, 6.07) is 8.06. The number of hydrogen-bond acceptors (Lipinski definition) is 4. The molecule has 0 saturated carbocycles. The number of terminal acetylenes is 1. The first kappa shape index (κ1) is 15.5. The molecule has 1 N–H and O–H groups in total. The van der Waals surface area contributed by atoms with Crippen LogP contribution in [-0.4, -0.2) is 24.7 Å². The third-order valence-corrected chi connectivity index (χ3v) is 4.41. The van der Waals surface area contributed by atoms with Gasteiger partial charge in [0.1, 0.15) is 0 Å². The molecule has 1 fully saturated rings. The Bertz CT molecular complexity index is 635. The monoisotopic (exact) mass is 310 g/mol. The number of nitrogens with one attached hydrogen (secondary N) is 1. The maximum Gasteiger partial charge on any atom is 0.224 e. The minimum atomic E-state index is -0.388. The topological polar surface area (TPSA) is 57.1 Å². The summed E-state index contributed by atoms with van der Waals surface area (Å²) in [6.07, 6.45) is 10.2. The van der Waals surface area contributed by atoms with Gasteiger partial charge in [0.25, 0.3) is 0 Å². The Morgan fingerprint density at radius 2 is 2.09 bits per heavy atom. The molecule has 0 aliphatic carbocycles. The molecule has 0 atom stereocenters. The molecule has 120 valence electrons. The Morgan fingerprint density at radius 1 is 1.30 bits per heavy atom. The van der Waals surface area contributed by atoms with Crippen LogP contribution < -0.4 is 10.2 Å². The normalized spacial score (nSPS) is 17.8. The number of anilines is 2. The van der Waals surface area contributed by atoms with E-state index in [1.54, 1.807) is 0 Å². The summed E-state index contributed by atoms with van der Waals surface area (Å²) in [6.45, 7) is 2.19. The standard InChI is InChI=1S/C18H22N4O/c1-2-3-10-18(20-21-18)11-9-17(23)19-15-7-6-8-16(14-15)22-12-4-5-13-22/h1,6-8,14H,3-5,9-13H2,(H,19,23).